The van der Waals surface area contributed by atoms with E-state index >= 15 is 0 Å². The highest BCUT2D eigenvalue weighted by Gasteiger charge is 2.13. The first-order chi connectivity index (χ1) is 9.19. The summed E-state index contributed by atoms with van der Waals surface area (Å²) in [6.45, 7) is 3.17. The Morgan fingerprint density at radius 3 is 2.89 bits per heavy atom. The van der Waals surface area contributed by atoms with Gasteiger partial charge in [0.2, 0.25) is 0 Å². The summed E-state index contributed by atoms with van der Waals surface area (Å²) in [5, 5.41) is 3.57. The number of nitrogens with one attached hydrogen (secondary N) is 1. The summed E-state index contributed by atoms with van der Waals surface area (Å²) in [7, 11) is 0. The number of thiophene rings is 1. The van der Waals surface area contributed by atoms with E-state index in [1.54, 1.807) is 11.3 Å². The molecule has 0 aromatic carbocycles. The summed E-state index contributed by atoms with van der Waals surface area (Å²) in [5.41, 5.74) is 1.20. The standard InChI is InChI=1S/C14H16BrClN2S/c1-2-5-18-13(7-12-3-4-14(16)19-12)10-6-11(15)9-17-8-10/h3-4,6,8-9,13,18H,2,5,7H2,1H3. The van der Waals surface area contributed by atoms with Gasteiger partial charge in [0.15, 0.2) is 0 Å². The van der Waals surface area contributed by atoms with Crippen LogP contribution < -0.4 is 5.32 Å². The zero-order valence-electron chi connectivity index (χ0n) is 10.7. The zero-order chi connectivity index (χ0) is 13.7. The van der Waals surface area contributed by atoms with Gasteiger partial charge < -0.3 is 5.32 Å². The van der Waals surface area contributed by atoms with E-state index in [9.17, 15) is 0 Å². The lowest BCUT2D eigenvalue weighted by Gasteiger charge is -2.18. The summed E-state index contributed by atoms with van der Waals surface area (Å²) in [6, 6.07) is 6.45. The predicted octanol–water partition coefficient (Wildman–Crippen LogP) is 4.84. The Kier molecular flexibility index (Phi) is 5.82. The van der Waals surface area contributed by atoms with Gasteiger partial charge in [-0.3, -0.25) is 4.98 Å². The highest BCUT2D eigenvalue weighted by atomic mass is 79.9. The van der Waals surface area contributed by atoms with Crippen LogP contribution in [-0.2, 0) is 6.42 Å². The molecule has 19 heavy (non-hydrogen) atoms. The Morgan fingerprint density at radius 1 is 1.42 bits per heavy atom. The van der Waals surface area contributed by atoms with Crippen LogP contribution in [0.25, 0.3) is 0 Å². The molecule has 1 N–H and O–H groups in total. The molecule has 0 aliphatic carbocycles. The van der Waals surface area contributed by atoms with Gasteiger partial charge in [-0.1, -0.05) is 18.5 Å². The Bertz CT molecular complexity index is 530. The largest absolute Gasteiger partial charge is 0.310 e. The molecule has 2 aromatic rings. The summed E-state index contributed by atoms with van der Waals surface area (Å²) in [6.07, 6.45) is 5.79. The molecule has 102 valence electrons. The molecule has 0 fully saturated rings. The van der Waals surface area contributed by atoms with E-state index in [-0.39, 0.29) is 6.04 Å². The van der Waals surface area contributed by atoms with Gasteiger partial charge in [-0.05, 0) is 52.7 Å². The lowest BCUT2D eigenvalue weighted by molar-refractivity contribution is 0.530. The lowest BCUT2D eigenvalue weighted by atomic mass is 10.0. The van der Waals surface area contributed by atoms with Crippen LogP contribution >= 0.6 is 38.9 Å². The first-order valence-corrected chi connectivity index (χ1v) is 8.26. The monoisotopic (exact) mass is 358 g/mol. The molecule has 0 amide bonds. The van der Waals surface area contributed by atoms with Crippen molar-refractivity contribution >= 4 is 38.9 Å². The predicted molar refractivity (Wildman–Crippen MR) is 86.0 cm³/mol. The highest BCUT2D eigenvalue weighted by Crippen LogP contribution is 2.27. The van der Waals surface area contributed by atoms with E-state index in [1.807, 2.05) is 18.5 Å². The first-order valence-electron chi connectivity index (χ1n) is 6.27. The van der Waals surface area contributed by atoms with E-state index in [2.05, 4.69) is 45.3 Å². The molecule has 0 aliphatic heterocycles. The number of halogens is 2. The summed E-state index contributed by atoms with van der Waals surface area (Å²) >= 11 is 11.1. The summed E-state index contributed by atoms with van der Waals surface area (Å²) < 4.78 is 1.86. The third-order valence-corrected chi connectivity index (χ3v) is 4.49. The third-order valence-electron chi connectivity index (χ3n) is 2.80. The number of pyridine rings is 1. The quantitative estimate of drug-likeness (QED) is 0.798. The van der Waals surface area contributed by atoms with Crippen molar-refractivity contribution < 1.29 is 0 Å². The maximum atomic E-state index is 6.00. The van der Waals surface area contributed by atoms with Crippen molar-refractivity contribution in [3.63, 3.8) is 0 Å². The first kappa shape index (κ1) is 15.0. The molecule has 0 radical (unpaired) electrons. The Balaban J connectivity index is 2.15. The van der Waals surface area contributed by atoms with Crippen LogP contribution in [0.4, 0.5) is 0 Å². The van der Waals surface area contributed by atoms with Crippen molar-refractivity contribution in [3.8, 4) is 0 Å². The fraction of sp³-hybridized carbons (Fsp3) is 0.357. The molecule has 0 spiro atoms. The van der Waals surface area contributed by atoms with E-state index in [1.165, 1.54) is 10.4 Å². The minimum atomic E-state index is 0.277. The second-order valence-corrected chi connectivity index (χ2v) is 7.07. The van der Waals surface area contributed by atoms with Crippen LogP contribution in [0.1, 0.15) is 29.8 Å². The number of hydrogen-bond acceptors (Lipinski definition) is 3. The number of rotatable bonds is 6. The molecule has 0 aliphatic rings. The molecular formula is C14H16BrClN2S. The minimum Gasteiger partial charge on any atom is -0.310 e. The van der Waals surface area contributed by atoms with Crippen LogP contribution in [0.3, 0.4) is 0 Å². The van der Waals surface area contributed by atoms with E-state index in [4.69, 9.17) is 11.6 Å². The van der Waals surface area contributed by atoms with Crippen LogP contribution in [0.15, 0.2) is 35.1 Å². The average Bonchev–Trinajstić information content (AvgIpc) is 2.80. The van der Waals surface area contributed by atoms with Gasteiger partial charge >= 0.3 is 0 Å². The van der Waals surface area contributed by atoms with Crippen molar-refractivity contribution in [2.75, 3.05) is 6.54 Å². The van der Waals surface area contributed by atoms with Crippen molar-refractivity contribution in [2.24, 2.45) is 0 Å². The molecule has 1 atom stereocenters. The Morgan fingerprint density at radius 2 is 2.26 bits per heavy atom. The number of nitrogens with zero attached hydrogens (tertiary/aromatic N) is 1. The topological polar surface area (TPSA) is 24.9 Å². The van der Waals surface area contributed by atoms with Crippen LogP contribution in [0.2, 0.25) is 4.34 Å². The van der Waals surface area contributed by atoms with Gasteiger partial charge in [0, 0.05) is 34.2 Å². The molecule has 1 unspecified atom stereocenters. The second kappa shape index (κ2) is 7.39. The second-order valence-electron chi connectivity index (χ2n) is 4.35. The summed E-state index contributed by atoms with van der Waals surface area (Å²) in [4.78, 5) is 5.54. The maximum Gasteiger partial charge on any atom is 0.0931 e. The van der Waals surface area contributed by atoms with Gasteiger partial charge in [-0.15, -0.1) is 11.3 Å². The van der Waals surface area contributed by atoms with Crippen LogP contribution in [0, 0.1) is 0 Å². The molecule has 0 saturated heterocycles. The van der Waals surface area contributed by atoms with E-state index in [0.29, 0.717) is 0 Å². The smallest absolute Gasteiger partial charge is 0.0931 e. The van der Waals surface area contributed by atoms with Gasteiger partial charge in [0.25, 0.3) is 0 Å². The summed E-state index contributed by atoms with van der Waals surface area (Å²) in [5.74, 6) is 0. The maximum absolute atomic E-state index is 6.00. The van der Waals surface area contributed by atoms with Gasteiger partial charge in [-0.25, -0.2) is 0 Å². The normalized spacial score (nSPS) is 12.6. The highest BCUT2D eigenvalue weighted by molar-refractivity contribution is 9.10. The Labute approximate surface area is 131 Å². The van der Waals surface area contributed by atoms with E-state index in [0.717, 1.165) is 28.2 Å². The molecule has 2 nitrogen and oxygen atoms in total. The Hall–Kier alpha value is -0.420. The van der Waals surface area contributed by atoms with Crippen molar-refractivity contribution in [3.05, 3.63) is 49.8 Å². The van der Waals surface area contributed by atoms with Gasteiger partial charge in [0.1, 0.15) is 0 Å². The van der Waals surface area contributed by atoms with E-state index < -0.39 is 0 Å². The fourth-order valence-electron chi connectivity index (χ4n) is 1.91. The van der Waals surface area contributed by atoms with Gasteiger partial charge in [-0.2, -0.15) is 0 Å². The fourth-order valence-corrected chi connectivity index (χ4v) is 3.42. The van der Waals surface area contributed by atoms with Crippen molar-refractivity contribution in [2.45, 2.75) is 25.8 Å². The third kappa shape index (κ3) is 4.56. The molecule has 2 heterocycles. The number of aromatic nitrogens is 1. The van der Waals surface area contributed by atoms with Crippen LogP contribution in [-0.4, -0.2) is 11.5 Å². The SMILES string of the molecule is CCCNC(Cc1ccc(Cl)s1)c1cncc(Br)c1. The minimum absolute atomic E-state index is 0.277. The molecule has 0 saturated carbocycles. The molecule has 2 aromatic heterocycles. The molecule has 5 heteroatoms. The molecule has 2 rings (SSSR count). The zero-order valence-corrected chi connectivity index (χ0v) is 13.9. The lowest BCUT2D eigenvalue weighted by Crippen LogP contribution is -2.24. The number of hydrogen-bond donors (Lipinski definition) is 1. The average molecular weight is 360 g/mol. The molecular weight excluding hydrogens is 344 g/mol. The van der Waals surface area contributed by atoms with Gasteiger partial charge in [0.05, 0.1) is 4.34 Å². The van der Waals surface area contributed by atoms with Crippen molar-refractivity contribution in [1.82, 2.24) is 10.3 Å². The molecule has 0 bridgehead atoms. The van der Waals surface area contributed by atoms with Crippen LogP contribution in [0.5, 0.6) is 0 Å². The van der Waals surface area contributed by atoms with Crippen molar-refractivity contribution in [1.29, 1.82) is 0 Å².